The van der Waals surface area contributed by atoms with E-state index in [0.717, 1.165) is 17.2 Å². The lowest BCUT2D eigenvalue weighted by Gasteiger charge is -2.40. The summed E-state index contributed by atoms with van der Waals surface area (Å²) in [5, 5.41) is 18.8. The van der Waals surface area contributed by atoms with Crippen LogP contribution < -0.4 is 15.5 Å². The van der Waals surface area contributed by atoms with E-state index in [1.54, 1.807) is 0 Å². The molecule has 1 fully saturated rings. The van der Waals surface area contributed by atoms with Gasteiger partial charge in [-0.05, 0) is 11.6 Å². The average molecular weight is 427 g/mol. The monoisotopic (exact) mass is 426 g/mol. The fourth-order valence-corrected chi connectivity index (χ4v) is 3.80. The summed E-state index contributed by atoms with van der Waals surface area (Å²) < 4.78 is 42.8. The van der Waals surface area contributed by atoms with Crippen molar-refractivity contribution in [3.8, 4) is 0 Å². The summed E-state index contributed by atoms with van der Waals surface area (Å²) in [5.41, 5.74) is 5.55. The smallest absolute Gasteiger partial charge is 0.333 e. The Morgan fingerprint density at radius 2 is 1.86 bits per heavy atom. The molecule has 0 atom stereocenters. The number of aromatic nitrogens is 1. The SMILES string of the molecule is Nc1nc(N2C=C(C(=O)O)Cc3cc(F)c(N4CC(O)C4)c(Cl)c32)c(F)cc1F. The van der Waals surface area contributed by atoms with Crippen LogP contribution in [-0.2, 0) is 11.2 Å². The third-order valence-corrected chi connectivity index (χ3v) is 5.13. The minimum Gasteiger partial charge on any atom is -0.478 e. The van der Waals surface area contributed by atoms with Gasteiger partial charge in [-0.25, -0.2) is 22.9 Å². The second-order valence-corrected chi connectivity index (χ2v) is 7.13. The van der Waals surface area contributed by atoms with Gasteiger partial charge in [0.1, 0.15) is 5.82 Å². The number of nitrogen functional groups attached to an aromatic ring is 1. The fraction of sp³-hybridized carbons (Fsp3) is 0.222. The number of carboxylic acid groups (broad SMARTS) is 1. The van der Waals surface area contributed by atoms with Crippen LogP contribution in [0.15, 0.2) is 23.9 Å². The van der Waals surface area contributed by atoms with Crippen LogP contribution in [-0.4, -0.2) is 40.4 Å². The number of hydrogen-bond acceptors (Lipinski definition) is 6. The van der Waals surface area contributed by atoms with E-state index in [1.165, 1.54) is 4.90 Å². The maximum absolute atomic E-state index is 14.7. The lowest BCUT2D eigenvalue weighted by Crippen LogP contribution is -2.51. The third kappa shape index (κ3) is 3.14. The van der Waals surface area contributed by atoms with E-state index in [2.05, 4.69) is 4.98 Å². The second-order valence-electron chi connectivity index (χ2n) is 6.75. The molecule has 0 bridgehead atoms. The van der Waals surface area contributed by atoms with Crippen LogP contribution in [0, 0.1) is 17.5 Å². The lowest BCUT2D eigenvalue weighted by atomic mass is 9.97. The first-order chi connectivity index (χ1) is 13.7. The van der Waals surface area contributed by atoms with Crippen LogP contribution in [0.25, 0.3) is 0 Å². The van der Waals surface area contributed by atoms with Gasteiger partial charge in [0.2, 0.25) is 0 Å². The number of fused-ring (bicyclic) bond motifs is 1. The van der Waals surface area contributed by atoms with E-state index in [9.17, 15) is 28.2 Å². The molecule has 4 rings (SSSR count). The first-order valence-electron chi connectivity index (χ1n) is 8.46. The van der Waals surface area contributed by atoms with Crippen molar-refractivity contribution >= 4 is 40.6 Å². The highest BCUT2D eigenvalue weighted by atomic mass is 35.5. The van der Waals surface area contributed by atoms with Crippen LogP contribution in [0.3, 0.4) is 0 Å². The number of rotatable bonds is 3. The Morgan fingerprint density at radius 3 is 2.48 bits per heavy atom. The predicted octanol–water partition coefficient (Wildman–Crippen LogP) is 2.58. The van der Waals surface area contributed by atoms with Gasteiger partial charge in [0, 0.05) is 31.8 Å². The zero-order valence-electron chi connectivity index (χ0n) is 14.7. The van der Waals surface area contributed by atoms with Gasteiger partial charge in [-0.3, -0.25) is 4.90 Å². The highest BCUT2D eigenvalue weighted by molar-refractivity contribution is 6.36. The van der Waals surface area contributed by atoms with Gasteiger partial charge in [0.15, 0.2) is 23.3 Å². The molecule has 2 aliphatic rings. The van der Waals surface area contributed by atoms with Crippen LogP contribution in [0.5, 0.6) is 0 Å². The van der Waals surface area contributed by atoms with Crippen LogP contribution in [0.4, 0.5) is 36.2 Å². The van der Waals surface area contributed by atoms with Crippen molar-refractivity contribution in [3.63, 3.8) is 0 Å². The molecule has 0 radical (unpaired) electrons. The van der Waals surface area contributed by atoms with Gasteiger partial charge >= 0.3 is 5.97 Å². The maximum Gasteiger partial charge on any atom is 0.333 e. The van der Waals surface area contributed by atoms with Crippen LogP contribution in [0.1, 0.15) is 5.56 Å². The molecule has 1 aromatic carbocycles. The molecular formula is C18H14ClF3N4O3. The number of carbonyl (C=O) groups is 1. The normalized spacial score (nSPS) is 16.4. The number of carboxylic acids is 1. The van der Waals surface area contributed by atoms with Gasteiger partial charge in [-0.2, -0.15) is 0 Å². The van der Waals surface area contributed by atoms with E-state index in [1.807, 2.05) is 0 Å². The summed E-state index contributed by atoms with van der Waals surface area (Å²) in [7, 11) is 0. The van der Waals surface area contributed by atoms with Gasteiger partial charge in [-0.15, -0.1) is 0 Å². The average Bonchev–Trinajstić information content (AvgIpc) is 2.62. The summed E-state index contributed by atoms with van der Waals surface area (Å²) >= 11 is 6.45. The van der Waals surface area contributed by atoms with Crippen molar-refractivity contribution in [2.24, 2.45) is 0 Å². The molecular weight excluding hydrogens is 413 g/mol. The highest BCUT2D eigenvalue weighted by Crippen LogP contribution is 2.47. The predicted molar refractivity (Wildman–Crippen MR) is 99.8 cm³/mol. The van der Waals surface area contributed by atoms with E-state index in [-0.39, 0.29) is 47.0 Å². The number of benzene rings is 1. The zero-order valence-corrected chi connectivity index (χ0v) is 15.4. The summed E-state index contributed by atoms with van der Waals surface area (Å²) in [6.45, 7) is 0.309. The van der Waals surface area contributed by atoms with Crippen molar-refractivity contribution < 1.29 is 28.2 Å². The fourth-order valence-electron chi connectivity index (χ4n) is 3.38. The maximum atomic E-state index is 14.7. The molecule has 0 aliphatic carbocycles. The van der Waals surface area contributed by atoms with Gasteiger partial charge < -0.3 is 20.8 Å². The summed E-state index contributed by atoms with van der Waals surface area (Å²) in [4.78, 5) is 17.7. The quantitative estimate of drug-likeness (QED) is 0.693. The first-order valence-corrected chi connectivity index (χ1v) is 8.83. The number of nitrogens with two attached hydrogens (primary N) is 1. The molecule has 2 aliphatic heterocycles. The van der Waals surface area contributed by atoms with Gasteiger partial charge in [0.25, 0.3) is 0 Å². The van der Waals surface area contributed by atoms with E-state index < -0.39 is 41.2 Å². The van der Waals surface area contributed by atoms with E-state index in [0.29, 0.717) is 6.07 Å². The number of aliphatic hydroxyl groups excluding tert-OH is 1. The van der Waals surface area contributed by atoms with Crippen LogP contribution >= 0.6 is 11.6 Å². The molecule has 2 aromatic rings. The summed E-state index contributed by atoms with van der Waals surface area (Å²) in [6, 6.07) is 1.62. The zero-order chi connectivity index (χ0) is 21.0. The van der Waals surface area contributed by atoms with E-state index >= 15 is 0 Å². The van der Waals surface area contributed by atoms with Gasteiger partial charge in [0.05, 0.1) is 28.1 Å². The number of aliphatic hydroxyl groups is 1. The van der Waals surface area contributed by atoms with Crippen molar-refractivity contribution in [1.29, 1.82) is 0 Å². The van der Waals surface area contributed by atoms with Crippen LogP contribution in [0.2, 0.25) is 5.02 Å². The molecule has 152 valence electrons. The number of anilines is 4. The first kappa shape index (κ1) is 19.3. The molecule has 0 unspecified atom stereocenters. The van der Waals surface area contributed by atoms with Gasteiger partial charge in [-0.1, -0.05) is 11.6 Å². The van der Waals surface area contributed by atoms with Crippen molar-refractivity contribution in [2.75, 3.05) is 28.6 Å². The van der Waals surface area contributed by atoms with Crippen molar-refractivity contribution in [3.05, 3.63) is 51.9 Å². The molecule has 4 N–H and O–H groups in total. The second kappa shape index (κ2) is 6.82. The largest absolute Gasteiger partial charge is 0.478 e. The molecule has 0 spiro atoms. The Kier molecular flexibility index (Phi) is 4.55. The molecule has 1 aromatic heterocycles. The number of nitrogens with zero attached hydrogens (tertiary/aromatic N) is 3. The summed E-state index contributed by atoms with van der Waals surface area (Å²) in [5.74, 6) is -5.27. The molecule has 0 amide bonds. The third-order valence-electron chi connectivity index (χ3n) is 4.77. The minimum atomic E-state index is -1.30. The Bertz CT molecular complexity index is 1070. The Morgan fingerprint density at radius 1 is 1.17 bits per heavy atom. The number of β-amino-alcohol motifs (C(OH)–C–C–N with tert-alkyl or cyclic N) is 1. The van der Waals surface area contributed by atoms with Crippen molar-refractivity contribution in [1.82, 2.24) is 4.98 Å². The minimum absolute atomic E-state index is 0.0108. The standard InChI is InChI=1S/C18H14ClF3N4O3/c19-13-14-7(2-10(20)15(13)25-5-9(27)6-25)1-8(18(28)29)4-26(14)17-12(22)3-11(21)16(23)24-17/h2-4,9,27H,1,5-6H2,(H2,23,24)(H,28,29). The molecule has 3 heterocycles. The summed E-state index contributed by atoms with van der Waals surface area (Å²) in [6.07, 6.45) is 0.289. The molecule has 11 heteroatoms. The number of aliphatic carboxylic acids is 1. The molecule has 7 nitrogen and oxygen atoms in total. The van der Waals surface area contributed by atoms with Crippen molar-refractivity contribution in [2.45, 2.75) is 12.5 Å². The Labute approximate surface area is 167 Å². The molecule has 29 heavy (non-hydrogen) atoms. The Balaban J connectivity index is 1.93. The topological polar surface area (TPSA) is 103 Å². The number of halogens is 4. The number of pyridine rings is 1. The molecule has 1 saturated heterocycles. The number of hydrogen-bond donors (Lipinski definition) is 3. The van der Waals surface area contributed by atoms with E-state index in [4.69, 9.17) is 17.3 Å². The highest BCUT2D eigenvalue weighted by Gasteiger charge is 2.35. The molecule has 0 saturated carbocycles. The Hall–Kier alpha value is -2.98. The lowest BCUT2D eigenvalue weighted by molar-refractivity contribution is -0.132.